The topological polar surface area (TPSA) is 78.3 Å². The minimum absolute atomic E-state index is 0.129. The highest BCUT2D eigenvalue weighted by molar-refractivity contribution is 5.79. The fourth-order valence-corrected chi connectivity index (χ4v) is 1.05. The molecule has 0 heterocycles. The highest BCUT2D eigenvalue weighted by Gasteiger charge is 2.12. The van der Waals surface area contributed by atoms with Gasteiger partial charge in [-0.2, -0.15) is 0 Å². The molecule has 0 saturated carbocycles. The Balaban J connectivity index is 2.53. The molecule has 0 radical (unpaired) electrons. The molecule has 0 amide bonds. The second kappa shape index (κ2) is 6.05. The number of carbonyl (C=O) groups is 1. The van der Waals surface area contributed by atoms with E-state index in [0.717, 1.165) is 0 Å². The third-order valence-corrected chi connectivity index (χ3v) is 1.86. The van der Waals surface area contributed by atoms with Gasteiger partial charge in [-0.25, -0.2) is 4.79 Å². The number of esters is 1. The molecule has 86 valence electrons. The van der Waals surface area contributed by atoms with Gasteiger partial charge in [0.05, 0.1) is 0 Å². The lowest BCUT2D eigenvalue weighted by atomic mass is 10.2. The Bertz CT molecular complexity index is 361. The lowest BCUT2D eigenvalue weighted by Crippen LogP contribution is -2.32. The van der Waals surface area contributed by atoms with Crippen LogP contribution in [0.3, 0.4) is 0 Å². The molecule has 0 saturated heterocycles. The zero-order valence-electron chi connectivity index (χ0n) is 9.17. The number of benzene rings is 1. The van der Waals surface area contributed by atoms with E-state index in [0.29, 0.717) is 5.75 Å². The standard InChI is InChI=1S/C12H16N2O2/c1-9(13)7-8-11(14)12(15)16-10-5-3-2-4-6-10/h2-9,11H,13-14H2,1H3/b8-7-. The zero-order chi connectivity index (χ0) is 12.0. The van der Waals surface area contributed by atoms with Crippen molar-refractivity contribution in [2.75, 3.05) is 0 Å². The number of para-hydroxylation sites is 1. The smallest absolute Gasteiger partial charge is 0.332 e. The Labute approximate surface area is 94.9 Å². The fraction of sp³-hybridized carbons (Fsp3) is 0.250. The quantitative estimate of drug-likeness (QED) is 0.447. The van der Waals surface area contributed by atoms with Gasteiger partial charge in [-0.1, -0.05) is 30.4 Å². The molecular weight excluding hydrogens is 204 g/mol. The first-order chi connectivity index (χ1) is 7.59. The molecule has 2 atom stereocenters. The molecule has 1 aromatic carbocycles. The molecule has 0 fully saturated rings. The maximum atomic E-state index is 11.5. The summed E-state index contributed by atoms with van der Waals surface area (Å²) in [6, 6.07) is 7.88. The van der Waals surface area contributed by atoms with Crippen LogP contribution in [-0.4, -0.2) is 18.1 Å². The van der Waals surface area contributed by atoms with Gasteiger partial charge in [0.2, 0.25) is 0 Å². The summed E-state index contributed by atoms with van der Waals surface area (Å²) < 4.78 is 5.05. The summed E-state index contributed by atoms with van der Waals surface area (Å²) in [5.41, 5.74) is 11.1. The van der Waals surface area contributed by atoms with Crippen LogP contribution in [0.5, 0.6) is 5.75 Å². The van der Waals surface area contributed by atoms with Crippen molar-refractivity contribution < 1.29 is 9.53 Å². The monoisotopic (exact) mass is 220 g/mol. The second-order valence-corrected chi connectivity index (χ2v) is 3.50. The molecule has 4 N–H and O–H groups in total. The Morgan fingerprint density at radius 1 is 1.25 bits per heavy atom. The van der Waals surface area contributed by atoms with Gasteiger partial charge in [0.25, 0.3) is 0 Å². The van der Waals surface area contributed by atoms with E-state index < -0.39 is 12.0 Å². The van der Waals surface area contributed by atoms with E-state index >= 15 is 0 Å². The van der Waals surface area contributed by atoms with Crippen LogP contribution in [0.4, 0.5) is 0 Å². The van der Waals surface area contributed by atoms with Crippen LogP contribution in [0.1, 0.15) is 6.92 Å². The van der Waals surface area contributed by atoms with Crippen molar-refractivity contribution in [3.05, 3.63) is 42.5 Å². The number of carbonyl (C=O) groups excluding carboxylic acids is 1. The van der Waals surface area contributed by atoms with Gasteiger partial charge >= 0.3 is 5.97 Å². The van der Waals surface area contributed by atoms with Crippen molar-refractivity contribution in [1.29, 1.82) is 0 Å². The third kappa shape index (κ3) is 4.25. The van der Waals surface area contributed by atoms with Gasteiger partial charge in [-0.05, 0) is 19.1 Å². The van der Waals surface area contributed by atoms with Crippen LogP contribution < -0.4 is 16.2 Å². The van der Waals surface area contributed by atoms with Crippen LogP contribution in [-0.2, 0) is 4.79 Å². The number of hydrogen-bond acceptors (Lipinski definition) is 4. The number of hydrogen-bond donors (Lipinski definition) is 2. The maximum Gasteiger partial charge on any atom is 0.332 e. The van der Waals surface area contributed by atoms with Crippen LogP contribution in [0.15, 0.2) is 42.5 Å². The first-order valence-electron chi connectivity index (χ1n) is 5.06. The first-order valence-corrected chi connectivity index (χ1v) is 5.06. The van der Waals surface area contributed by atoms with E-state index in [1.165, 1.54) is 6.08 Å². The summed E-state index contributed by atoms with van der Waals surface area (Å²) in [5, 5.41) is 0. The Morgan fingerprint density at radius 2 is 1.88 bits per heavy atom. The van der Waals surface area contributed by atoms with Gasteiger partial charge in [-0.15, -0.1) is 0 Å². The van der Waals surface area contributed by atoms with Crippen molar-refractivity contribution >= 4 is 5.97 Å². The molecule has 0 aliphatic rings. The Morgan fingerprint density at radius 3 is 2.44 bits per heavy atom. The predicted octanol–water partition coefficient (Wildman–Crippen LogP) is 0.823. The highest BCUT2D eigenvalue weighted by Crippen LogP contribution is 2.09. The number of ether oxygens (including phenoxy) is 1. The number of nitrogens with two attached hydrogens (primary N) is 2. The van der Waals surface area contributed by atoms with Gasteiger partial charge in [0.15, 0.2) is 0 Å². The van der Waals surface area contributed by atoms with E-state index in [4.69, 9.17) is 16.2 Å². The second-order valence-electron chi connectivity index (χ2n) is 3.50. The molecule has 4 nitrogen and oxygen atoms in total. The lowest BCUT2D eigenvalue weighted by molar-refractivity contribution is -0.134. The van der Waals surface area contributed by atoms with E-state index in [1.54, 1.807) is 37.3 Å². The van der Waals surface area contributed by atoms with Crippen molar-refractivity contribution in [3.63, 3.8) is 0 Å². The molecule has 0 aliphatic heterocycles. The van der Waals surface area contributed by atoms with Crippen LogP contribution >= 0.6 is 0 Å². The average molecular weight is 220 g/mol. The van der Waals surface area contributed by atoms with Crippen molar-refractivity contribution in [3.8, 4) is 5.75 Å². The third-order valence-electron chi connectivity index (χ3n) is 1.86. The summed E-state index contributed by atoms with van der Waals surface area (Å²) in [7, 11) is 0. The molecule has 1 rings (SSSR count). The molecule has 0 spiro atoms. The van der Waals surface area contributed by atoms with Crippen molar-refractivity contribution in [1.82, 2.24) is 0 Å². The molecule has 1 aromatic rings. The Kier molecular flexibility index (Phi) is 4.69. The maximum absolute atomic E-state index is 11.5. The van der Waals surface area contributed by atoms with Gasteiger partial charge in [0.1, 0.15) is 11.8 Å². The largest absolute Gasteiger partial charge is 0.425 e. The van der Waals surface area contributed by atoms with E-state index in [-0.39, 0.29) is 6.04 Å². The van der Waals surface area contributed by atoms with Crippen molar-refractivity contribution in [2.24, 2.45) is 11.5 Å². The first kappa shape index (κ1) is 12.4. The van der Waals surface area contributed by atoms with Gasteiger partial charge < -0.3 is 16.2 Å². The number of rotatable bonds is 4. The Hall–Kier alpha value is -1.65. The fourth-order valence-electron chi connectivity index (χ4n) is 1.05. The SMILES string of the molecule is CC(N)/C=C\C(N)C(=O)Oc1ccccc1. The highest BCUT2D eigenvalue weighted by atomic mass is 16.5. The van der Waals surface area contributed by atoms with Gasteiger partial charge in [-0.3, -0.25) is 0 Å². The van der Waals surface area contributed by atoms with Crippen LogP contribution in [0, 0.1) is 0 Å². The zero-order valence-corrected chi connectivity index (χ0v) is 9.17. The summed E-state index contributed by atoms with van der Waals surface area (Å²) in [6.45, 7) is 1.80. The normalized spacial score (nSPS) is 14.7. The average Bonchev–Trinajstić information content (AvgIpc) is 2.27. The molecule has 2 unspecified atom stereocenters. The van der Waals surface area contributed by atoms with E-state index in [1.807, 2.05) is 6.07 Å². The summed E-state index contributed by atoms with van der Waals surface area (Å²) in [6.07, 6.45) is 3.20. The van der Waals surface area contributed by atoms with Crippen LogP contribution in [0.2, 0.25) is 0 Å². The molecule has 16 heavy (non-hydrogen) atoms. The minimum atomic E-state index is -0.786. The minimum Gasteiger partial charge on any atom is -0.425 e. The molecule has 0 aliphatic carbocycles. The van der Waals surface area contributed by atoms with E-state index in [2.05, 4.69) is 0 Å². The van der Waals surface area contributed by atoms with Crippen LogP contribution in [0.25, 0.3) is 0 Å². The predicted molar refractivity (Wildman–Crippen MR) is 62.8 cm³/mol. The summed E-state index contributed by atoms with van der Waals surface area (Å²) >= 11 is 0. The summed E-state index contributed by atoms with van der Waals surface area (Å²) in [4.78, 5) is 11.5. The molecule has 4 heteroatoms. The summed E-state index contributed by atoms with van der Waals surface area (Å²) in [5.74, 6) is -0.0137. The molecule has 0 bridgehead atoms. The lowest BCUT2D eigenvalue weighted by Gasteiger charge is -2.07. The van der Waals surface area contributed by atoms with E-state index in [9.17, 15) is 4.79 Å². The molecule has 0 aromatic heterocycles. The van der Waals surface area contributed by atoms with Gasteiger partial charge in [0, 0.05) is 6.04 Å². The molecular formula is C12H16N2O2. The van der Waals surface area contributed by atoms with Crippen molar-refractivity contribution in [2.45, 2.75) is 19.0 Å².